The van der Waals surface area contributed by atoms with Crippen LogP contribution in [-0.2, 0) is 6.54 Å². The van der Waals surface area contributed by atoms with E-state index in [4.69, 9.17) is 13.7 Å². The van der Waals surface area contributed by atoms with Gasteiger partial charge in [0.25, 0.3) is 5.89 Å². The summed E-state index contributed by atoms with van der Waals surface area (Å²) in [5.74, 6) is 1.59. The molecule has 0 saturated heterocycles. The highest BCUT2D eigenvalue weighted by atomic mass is 19.1. The fourth-order valence-corrected chi connectivity index (χ4v) is 4.03. The smallest absolute Gasteiger partial charge is 0.322 e. The molecule has 0 saturated carbocycles. The number of ether oxygens (including phenoxy) is 1. The van der Waals surface area contributed by atoms with E-state index >= 15 is 0 Å². The van der Waals surface area contributed by atoms with Crippen molar-refractivity contribution in [2.45, 2.75) is 26.4 Å². The Labute approximate surface area is 201 Å². The van der Waals surface area contributed by atoms with E-state index in [9.17, 15) is 9.18 Å². The molecule has 2 amide bonds. The predicted molar refractivity (Wildman–Crippen MR) is 125 cm³/mol. The summed E-state index contributed by atoms with van der Waals surface area (Å²) in [5, 5.41) is 7.15. The van der Waals surface area contributed by atoms with Crippen molar-refractivity contribution in [2.75, 3.05) is 6.61 Å². The van der Waals surface area contributed by atoms with Crippen molar-refractivity contribution in [1.29, 1.82) is 0 Å². The SMILES string of the molecule is CCOc1ccc(C2NC(=O)N(Cc3ccco3)C(C)=C2c2nc(-c3ccc(F)cc3)no2)cc1. The Morgan fingerprint density at radius 3 is 2.57 bits per heavy atom. The zero-order valence-corrected chi connectivity index (χ0v) is 19.2. The molecule has 35 heavy (non-hydrogen) atoms. The molecule has 2 aromatic carbocycles. The van der Waals surface area contributed by atoms with Crippen molar-refractivity contribution in [3.05, 3.63) is 95.7 Å². The van der Waals surface area contributed by atoms with Gasteiger partial charge < -0.3 is 19.0 Å². The number of carbonyl (C=O) groups excluding carboxylic acids is 1. The van der Waals surface area contributed by atoms with Crippen molar-refractivity contribution >= 4 is 11.6 Å². The first kappa shape index (κ1) is 22.4. The average Bonchev–Trinajstić information content (AvgIpc) is 3.55. The lowest BCUT2D eigenvalue weighted by Crippen LogP contribution is -2.45. The number of carbonyl (C=O) groups is 1. The van der Waals surface area contributed by atoms with Gasteiger partial charge in [-0.3, -0.25) is 4.90 Å². The highest BCUT2D eigenvalue weighted by Crippen LogP contribution is 2.38. The predicted octanol–water partition coefficient (Wildman–Crippen LogP) is 5.57. The van der Waals surface area contributed by atoms with Crippen LogP contribution in [0, 0.1) is 5.82 Å². The molecule has 3 heterocycles. The van der Waals surface area contributed by atoms with Gasteiger partial charge in [0.05, 0.1) is 31.0 Å². The maximum absolute atomic E-state index is 13.4. The van der Waals surface area contributed by atoms with Crippen LogP contribution >= 0.6 is 0 Å². The molecular weight excluding hydrogens is 451 g/mol. The van der Waals surface area contributed by atoms with E-state index in [1.807, 2.05) is 38.1 Å². The van der Waals surface area contributed by atoms with Gasteiger partial charge in [-0.15, -0.1) is 0 Å². The van der Waals surface area contributed by atoms with E-state index in [0.717, 1.165) is 11.3 Å². The Morgan fingerprint density at radius 2 is 1.89 bits per heavy atom. The lowest BCUT2D eigenvalue weighted by molar-refractivity contribution is 0.199. The molecule has 8 nitrogen and oxygen atoms in total. The Hall–Kier alpha value is -4.40. The minimum atomic E-state index is -0.535. The molecular formula is C26H23FN4O4. The summed E-state index contributed by atoms with van der Waals surface area (Å²) in [5.41, 5.74) is 2.75. The van der Waals surface area contributed by atoms with Gasteiger partial charge >= 0.3 is 6.03 Å². The maximum atomic E-state index is 13.4. The number of nitrogens with one attached hydrogen (secondary N) is 1. The lowest BCUT2D eigenvalue weighted by atomic mass is 9.94. The molecule has 178 valence electrons. The van der Waals surface area contributed by atoms with Crippen LogP contribution in [0.1, 0.15) is 37.1 Å². The topological polar surface area (TPSA) is 93.6 Å². The van der Waals surface area contributed by atoms with Gasteiger partial charge in [-0.1, -0.05) is 17.3 Å². The zero-order valence-electron chi connectivity index (χ0n) is 19.2. The van der Waals surface area contributed by atoms with Crippen LogP contribution in [0.15, 0.2) is 81.6 Å². The third kappa shape index (κ3) is 4.52. The number of benzene rings is 2. The van der Waals surface area contributed by atoms with Crippen molar-refractivity contribution in [3.8, 4) is 17.1 Å². The second-order valence-corrected chi connectivity index (χ2v) is 7.98. The van der Waals surface area contributed by atoms with Crippen LogP contribution in [0.3, 0.4) is 0 Å². The van der Waals surface area contributed by atoms with E-state index in [2.05, 4.69) is 15.5 Å². The molecule has 1 N–H and O–H groups in total. The number of halogens is 1. The molecule has 1 aliphatic rings. The first-order chi connectivity index (χ1) is 17.0. The highest BCUT2D eigenvalue weighted by molar-refractivity contribution is 5.86. The summed E-state index contributed by atoms with van der Waals surface area (Å²) in [4.78, 5) is 19.3. The van der Waals surface area contributed by atoms with Gasteiger partial charge in [0.1, 0.15) is 17.3 Å². The quantitative estimate of drug-likeness (QED) is 0.377. The minimum absolute atomic E-state index is 0.239. The van der Waals surface area contributed by atoms with Crippen LogP contribution in [0.4, 0.5) is 9.18 Å². The van der Waals surface area contributed by atoms with Crippen molar-refractivity contribution in [3.63, 3.8) is 0 Å². The number of hydrogen-bond acceptors (Lipinski definition) is 6. The van der Waals surface area contributed by atoms with Gasteiger partial charge in [0.15, 0.2) is 0 Å². The van der Waals surface area contributed by atoms with Crippen LogP contribution in [-0.4, -0.2) is 27.7 Å². The largest absolute Gasteiger partial charge is 0.494 e. The maximum Gasteiger partial charge on any atom is 0.322 e. The summed E-state index contributed by atoms with van der Waals surface area (Å²) in [6, 6.07) is 16.1. The molecule has 0 fully saturated rings. The summed E-state index contributed by atoms with van der Waals surface area (Å²) >= 11 is 0. The molecule has 1 unspecified atom stereocenters. The third-order valence-corrected chi connectivity index (χ3v) is 5.77. The van der Waals surface area contributed by atoms with E-state index in [0.29, 0.717) is 35.0 Å². The third-order valence-electron chi connectivity index (χ3n) is 5.77. The molecule has 2 aromatic heterocycles. The monoisotopic (exact) mass is 474 g/mol. The Balaban J connectivity index is 1.57. The molecule has 1 aliphatic heterocycles. The molecule has 4 aromatic rings. The number of furan rings is 1. The number of rotatable bonds is 7. The second-order valence-electron chi connectivity index (χ2n) is 7.98. The van der Waals surface area contributed by atoms with Crippen molar-refractivity contribution in [1.82, 2.24) is 20.4 Å². The van der Waals surface area contributed by atoms with Crippen molar-refractivity contribution < 1.29 is 22.9 Å². The highest BCUT2D eigenvalue weighted by Gasteiger charge is 2.36. The van der Waals surface area contributed by atoms with E-state index in [1.165, 1.54) is 12.1 Å². The Kier molecular flexibility index (Phi) is 6.05. The Bertz CT molecular complexity index is 1350. The fraction of sp³-hybridized carbons (Fsp3) is 0.192. The minimum Gasteiger partial charge on any atom is -0.494 e. The summed E-state index contributed by atoms with van der Waals surface area (Å²) in [6.07, 6.45) is 1.56. The van der Waals surface area contributed by atoms with Gasteiger partial charge in [-0.05, 0) is 67.9 Å². The number of allylic oxidation sites excluding steroid dienone is 1. The number of nitrogens with zero attached hydrogens (tertiary/aromatic N) is 3. The molecule has 9 heteroatoms. The summed E-state index contributed by atoms with van der Waals surface area (Å²) in [7, 11) is 0. The lowest BCUT2D eigenvalue weighted by Gasteiger charge is -2.34. The molecule has 0 aliphatic carbocycles. The molecule has 5 rings (SSSR count). The first-order valence-corrected chi connectivity index (χ1v) is 11.2. The first-order valence-electron chi connectivity index (χ1n) is 11.2. The van der Waals surface area contributed by atoms with Gasteiger partial charge in [0.2, 0.25) is 5.82 Å². The van der Waals surface area contributed by atoms with Crippen molar-refractivity contribution in [2.24, 2.45) is 0 Å². The average molecular weight is 474 g/mol. The zero-order chi connectivity index (χ0) is 24.4. The van der Waals surface area contributed by atoms with Gasteiger partial charge in [-0.2, -0.15) is 4.98 Å². The number of aromatic nitrogens is 2. The van der Waals surface area contributed by atoms with Crippen LogP contribution in [0.25, 0.3) is 17.0 Å². The van der Waals surface area contributed by atoms with Gasteiger partial charge in [-0.25, -0.2) is 9.18 Å². The molecule has 0 radical (unpaired) electrons. The second kappa shape index (κ2) is 9.46. The molecule has 0 spiro atoms. The van der Waals surface area contributed by atoms with E-state index < -0.39 is 6.04 Å². The summed E-state index contributed by atoms with van der Waals surface area (Å²) in [6.45, 7) is 4.55. The standard InChI is InChI=1S/C26H23FN4O4/c1-3-33-20-12-8-17(9-13-20)23-22(16(2)31(26(32)28-23)15-21-5-4-14-34-21)25-29-24(30-35-25)18-6-10-19(27)11-7-18/h4-14,23H,3,15H2,1-2H3,(H,28,32). The molecule has 1 atom stereocenters. The van der Waals surface area contributed by atoms with E-state index in [1.54, 1.807) is 35.4 Å². The van der Waals surface area contributed by atoms with Crippen LogP contribution in [0.5, 0.6) is 5.75 Å². The normalized spacial score (nSPS) is 15.9. The Morgan fingerprint density at radius 1 is 1.11 bits per heavy atom. The number of hydrogen-bond donors (Lipinski definition) is 1. The fourth-order valence-electron chi connectivity index (χ4n) is 4.03. The summed E-state index contributed by atoms with van der Waals surface area (Å²) < 4.78 is 30.0. The van der Waals surface area contributed by atoms with E-state index in [-0.39, 0.29) is 24.3 Å². The van der Waals surface area contributed by atoms with Crippen LogP contribution in [0.2, 0.25) is 0 Å². The number of urea groups is 1. The van der Waals surface area contributed by atoms with Gasteiger partial charge in [0, 0.05) is 11.3 Å². The molecule has 0 bridgehead atoms. The number of amides is 2. The van der Waals surface area contributed by atoms with Crippen LogP contribution < -0.4 is 10.1 Å².